The number of hydrogen-bond acceptors (Lipinski definition) is 5. The quantitative estimate of drug-likeness (QED) is 0.516. The Balaban J connectivity index is 1.45. The highest BCUT2D eigenvalue weighted by molar-refractivity contribution is 6.32. The molecule has 6 nitrogen and oxygen atoms in total. The van der Waals surface area contributed by atoms with Crippen LogP contribution in [-0.4, -0.2) is 54.6 Å². The lowest BCUT2D eigenvalue weighted by Gasteiger charge is -2.38. The van der Waals surface area contributed by atoms with Crippen molar-refractivity contribution in [2.45, 2.75) is 33.2 Å². The number of nitrogens with two attached hydrogens (primary N) is 1. The predicted octanol–water partition coefficient (Wildman–Crippen LogP) is 4.78. The van der Waals surface area contributed by atoms with Crippen LogP contribution in [0.3, 0.4) is 0 Å². The number of rotatable bonds is 4. The molecular weight excluding hydrogens is 458 g/mol. The first-order chi connectivity index (χ1) is 16.8. The van der Waals surface area contributed by atoms with Crippen molar-refractivity contribution in [2.24, 2.45) is 0 Å². The number of piperazine rings is 1. The molecule has 7 heteroatoms. The summed E-state index contributed by atoms with van der Waals surface area (Å²) in [7, 11) is 0. The van der Waals surface area contributed by atoms with Gasteiger partial charge in [0.1, 0.15) is 11.0 Å². The molecule has 35 heavy (non-hydrogen) atoms. The average molecular weight is 490 g/mol. The lowest BCUT2D eigenvalue weighted by atomic mass is 9.90. The van der Waals surface area contributed by atoms with Crippen LogP contribution in [0.5, 0.6) is 0 Å². The normalized spacial score (nSPS) is 16.4. The summed E-state index contributed by atoms with van der Waals surface area (Å²) in [5, 5.41) is 3.30. The van der Waals surface area contributed by atoms with Gasteiger partial charge < -0.3 is 16.0 Å². The molecule has 0 spiro atoms. The number of carbonyl (C=O) groups is 1. The highest BCUT2D eigenvalue weighted by atomic mass is 35.5. The van der Waals surface area contributed by atoms with E-state index in [0.717, 1.165) is 71.5 Å². The average Bonchev–Trinajstić information content (AvgIpc) is 2.85. The van der Waals surface area contributed by atoms with Crippen LogP contribution < -0.4 is 16.0 Å². The van der Waals surface area contributed by atoms with Crippen molar-refractivity contribution in [1.82, 2.24) is 15.2 Å². The van der Waals surface area contributed by atoms with Gasteiger partial charge in [-0.25, -0.2) is 4.98 Å². The molecule has 1 aromatic heterocycles. The van der Waals surface area contributed by atoms with Crippen molar-refractivity contribution in [2.75, 3.05) is 43.4 Å². The van der Waals surface area contributed by atoms with Gasteiger partial charge in [0.15, 0.2) is 0 Å². The van der Waals surface area contributed by atoms with Crippen LogP contribution in [0.15, 0.2) is 42.5 Å². The molecule has 0 unspecified atom stereocenters. The molecular formula is C28H32ClN5O. The van der Waals surface area contributed by atoms with Crippen LogP contribution in [0.4, 0.5) is 11.5 Å². The highest BCUT2D eigenvalue weighted by Crippen LogP contribution is 2.37. The van der Waals surface area contributed by atoms with E-state index in [9.17, 15) is 4.79 Å². The first kappa shape index (κ1) is 23.6. The number of pyridine rings is 1. The largest absolute Gasteiger partial charge is 0.383 e. The Morgan fingerprint density at radius 1 is 0.971 bits per heavy atom. The van der Waals surface area contributed by atoms with Gasteiger partial charge >= 0.3 is 0 Å². The molecule has 2 aliphatic rings. The van der Waals surface area contributed by atoms with E-state index in [1.807, 2.05) is 19.1 Å². The van der Waals surface area contributed by atoms with Crippen molar-refractivity contribution in [3.8, 4) is 22.3 Å². The summed E-state index contributed by atoms with van der Waals surface area (Å²) < 4.78 is 0. The molecule has 182 valence electrons. The molecule has 0 saturated carbocycles. The number of halogens is 1. The number of nitrogens with one attached hydrogen (secondary N) is 1. The Bertz CT molecular complexity index is 1260. The minimum atomic E-state index is -0.0190. The third-order valence-corrected chi connectivity index (χ3v) is 7.55. The number of aryl methyl sites for hydroxylation is 1. The van der Waals surface area contributed by atoms with E-state index in [1.165, 1.54) is 5.69 Å². The number of benzene rings is 2. The summed E-state index contributed by atoms with van der Waals surface area (Å²) in [4.78, 5) is 21.7. The summed E-state index contributed by atoms with van der Waals surface area (Å²) in [6.07, 6.45) is 0.801. The second-order valence-electron chi connectivity index (χ2n) is 9.75. The first-order valence-electron chi connectivity index (χ1n) is 12.3. The lowest BCUT2D eigenvalue weighted by Crippen LogP contribution is -2.48. The fraction of sp³-hybridized carbons (Fsp3) is 0.357. The third-order valence-electron chi connectivity index (χ3n) is 7.26. The number of carbonyl (C=O) groups excluding carboxylic acids is 1. The van der Waals surface area contributed by atoms with E-state index < -0.39 is 0 Å². The van der Waals surface area contributed by atoms with Gasteiger partial charge in [0, 0.05) is 61.1 Å². The molecule has 0 bridgehead atoms. The summed E-state index contributed by atoms with van der Waals surface area (Å²) in [5.74, 6) is 0.371. The van der Waals surface area contributed by atoms with Crippen molar-refractivity contribution >= 4 is 29.0 Å². The molecule has 3 N–H and O–H groups in total. The molecule has 1 fully saturated rings. The fourth-order valence-corrected chi connectivity index (χ4v) is 5.39. The maximum atomic E-state index is 12.3. The van der Waals surface area contributed by atoms with E-state index in [4.69, 9.17) is 17.3 Å². The Morgan fingerprint density at radius 2 is 1.69 bits per heavy atom. The molecule has 0 radical (unpaired) electrons. The summed E-state index contributed by atoms with van der Waals surface area (Å²) >= 11 is 6.57. The van der Waals surface area contributed by atoms with Crippen molar-refractivity contribution < 1.29 is 4.79 Å². The molecule has 3 heterocycles. The van der Waals surface area contributed by atoms with Gasteiger partial charge in [0.05, 0.1) is 0 Å². The molecule has 1 amide bonds. The van der Waals surface area contributed by atoms with Crippen molar-refractivity contribution in [3.63, 3.8) is 0 Å². The van der Waals surface area contributed by atoms with Crippen LogP contribution in [-0.2, 0) is 6.42 Å². The summed E-state index contributed by atoms with van der Waals surface area (Å²) in [6, 6.07) is 15.2. The Hall–Kier alpha value is -3.09. The lowest BCUT2D eigenvalue weighted by molar-refractivity contribution is 0.0946. The minimum Gasteiger partial charge on any atom is -0.383 e. The second-order valence-corrected chi connectivity index (χ2v) is 10.1. The van der Waals surface area contributed by atoms with Gasteiger partial charge in [-0.3, -0.25) is 9.69 Å². The summed E-state index contributed by atoms with van der Waals surface area (Å²) in [6.45, 7) is 11.4. The molecule has 2 aromatic carbocycles. The van der Waals surface area contributed by atoms with Crippen LogP contribution in [0.2, 0.25) is 5.15 Å². The van der Waals surface area contributed by atoms with Crippen LogP contribution >= 0.6 is 11.6 Å². The Morgan fingerprint density at radius 3 is 2.37 bits per heavy atom. The SMILES string of the molecule is Cc1cc2c(cc1-c1cc(-c3ccc(N4CCN(C(C)C)CC4)cc3)c(Cl)nc1N)CCNC2=O. The fourth-order valence-electron chi connectivity index (χ4n) is 5.14. The first-order valence-corrected chi connectivity index (χ1v) is 12.7. The van der Waals surface area contributed by atoms with Gasteiger partial charge in [-0.2, -0.15) is 0 Å². The van der Waals surface area contributed by atoms with E-state index >= 15 is 0 Å². The van der Waals surface area contributed by atoms with Crippen LogP contribution in [0.1, 0.15) is 35.3 Å². The third kappa shape index (κ3) is 4.60. The minimum absolute atomic E-state index is 0.0190. The second kappa shape index (κ2) is 9.51. The van der Waals surface area contributed by atoms with Crippen molar-refractivity contribution in [1.29, 1.82) is 0 Å². The van der Waals surface area contributed by atoms with Gasteiger partial charge in [0.2, 0.25) is 0 Å². The van der Waals surface area contributed by atoms with Gasteiger partial charge in [-0.1, -0.05) is 23.7 Å². The molecule has 1 saturated heterocycles. The molecule has 3 aromatic rings. The number of hydrogen-bond donors (Lipinski definition) is 2. The Kier molecular flexibility index (Phi) is 6.43. The maximum Gasteiger partial charge on any atom is 0.251 e. The number of anilines is 2. The zero-order valence-electron chi connectivity index (χ0n) is 20.6. The Labute approximate surface area is 212 Å². The molecule has 5 rings (SSSR count). The van der Waals surface area contributed by atoms with E-state index in [-0.39, 0.29) is 5.91 Å². The summed E-state index contributed by atoms with van der Waals surface area (Å²) in [5.41, 5.74) is 14.0. The highest BCUT2D eigenvalue weighted by Gasteiger charge is 2.22. The number of nitrogen functional groups attached to an aromatic ring is 1. The van der Waals surface area contributed by atoms with E-state index in [2.05, 4.69) is 64.3 Å². The molecule has 0 aliphatic carbocycles. The monoisotopic (exact) mass is 489 g/mol. The van der Waals surface area contributed by atoms with Gasteiger partial charge in [0.25, 0.3) is 5.91 Å². The zero-order chi connectivity index (χ0) is 24.7. The molecule has 2 aliphatic heterocycles. The number of amides is 1. The topological polar surface area (TPSA) is 74.5 Å². The number of fused-ring (bicyclic) bond motifs is 1. The van der Waals surface area contributed by atoms with Crippen LogP contribution in [0.25, 0.3) is 22.3 Å². The zero-order valence-corrected chi connectivity index (χ0v) is 21.3. The maximum absolute atomic E-state index is 12.3. The predicted molar refractivity (Wildman–Crippen MR) is 144 cm³/mol. The van der Waals surface area contributed by atoms with Crippen LogP contribution in [0, 0.1) is 6.92 Å². The van der Waals surface area contributed by atoms with E-state index in [1.54, 1.807) is 0 Å². The number of nitrogens with zero attached hydrogens (tertiary/aromatic N) is 3. The van der Waals surface area contributed by atoms with Crippen molar-refractivity contribution in [3.05, 3.63) is 64.3 Å². The standard InChI is InChI=1S/C28H32ClN5O/c1-17(2)33-10-12-34(13-11-33)21-6-4-19(5-7-21)23-16-25(27(30)32-26(23)29)22-15-20-8-9-31-28(35)24(20)14-18(22)3/h4-7,14-17H,8-13H2,1-3H3,(H2,30,32)(H,31,35). The number of aromatic nitrogens is 1. The van der Waals surface area contributed by atoms with Gasteiger partial charge in [-0.05, 0) is 79.8 Å². The van der Waals surface area contributed by atoms with E-state index in [0.29, 0.717) is 23.6 Å². The van der Waals surface area contributed by atoms with Gasteiger partial charge in [-0.15, -0.1) is 0 Å². The molecule has 0 atom stereocenters. The smallest absolute Gasteiger partial charge is 0.251 e.